The van der Waals surface area contributed by atoms with E-state index >= 15 is 0 Å². The van der Waals surface area contributed by atoms with E-state index < -0.39 is 12.1 Å². The fraction of sp³-hybridized carbons (Fsp3) is 0.0526. The zero-order valence-electron chi connectivity index (χ0n) is 13.1. The van der Waals surface area contributed by atoms with Crippen molar-refractivity contribution in [2.45, 2.75) is 6.17 Å². The van der Waals surface area contributed by atoms with Gasteiger partial charge in [0.1, 0.15) is 0 Å². The van der Waals surface area contributed by atoms with E-state index in [-0.39, 0.29) is 11.5 Å². The van der Waals surface area contributed by atoms with E-state index in [1.165, 1.54) is 12.3 Å². The summed E-state index contributed by atoms with van der Waals surface area (Å²) in [5.41, 5.74) is 1.09. The van der Waals surface area contributed by atoms with Crippen molar-refractivity contribution in [3.8, 4) is 0 Å². The Bertz CT molecular complexity index is 863. The number of anilines is 1. The molecule has 3 aromatic rings. The van der Waals surface area contributed by atoms with Crippen molar-refractivity contribution in [3.05, 3.63) is 89.3 Å². The number of hydrogen-bond acceptors (Lipinski definition) is 4. The summed E-state index contributed by atoms with van der Waals surface area (Å²) in [6.45, 7) is 0. The van der Waals surface area contributed by atoms with Gasteiger partial charge < -0.3 is 15.1 Å². The lowest BCUT2D eigenvalue weighted by Crippen LogP contribution is -2.46. The van der Waals surface area contributed by atoms with Crippen LogP contribution in [0.15, 0.2) is 77.4 Å². The minimum Gasteiger partial charge on any atom is -0.459 e. The number of rotatable bonds is 6. The summed E-state index contributed by atoms with van der Waals surface area (Å²) in [5, 5.41) is 6.17. The van der Waals surface area contributed by atoms with Gasteiger partial charge >= 0.3 is 0 Å². The lowest BCUT2D eigenvalue weighted by molar-refractivity contribution is 0.0853. The maximum absolute atomic E-state index is 12.8. The fourth-order valence-electron chi connectivity index (χ4n) is 2.29. The van der Waals surface area contributed by atoms with Crippen molar-refractivity contribution in [2.75, 3.05) is 5.32 Å². The molecule has 0 aliphatic heterocycles. The second-order valence-corrected chi connectivity index (χ2v) is 5.71. The van der Waals surface area contributed by atoms with Gasteiger partial charge in [0.05, 0.1) is 6.26 Å². The highest BCUT2D eigenvalue weighted by molar-refractivity contribution is 6.30. The first kappa shape index (κ1) is 16.8. The average molecular weight is 355 g/mol. The topological polar surface area (TPSA) is 71.3 Å². The summed E-state index contributed by atoms with van der Waals surface area (Å²) in [6.07, 6.45) is 0.423. The Hall–Kier alpha value is -3.05. The van der Waals surface area contributed by atoms with Gasteiger partial charge in [0.25, 0.3) is 5.91 Å². The van der Waals surface area contributed by atoms with Crippen LogP contribution in [-0.2, 0) is 0 Å². The van der Waals surface area contributed by atoms with Gasteiger partial charge in [-0.25, -0.2) is 0 Å². The number of halogens is 1. The van der Waals surface area contributed by atoms with Crippen molar-refractivity contribution in [1.82, 2.24) is 5.32 Å². The van der Waals surface area contributed by atoms with Crippen LogP contribution in [0.4, 0.5) is 5.69 Å². The highest BCUT2D eigenvalue weighted by atomic mass is 35.5. The Morgan fingerprint density at radius 2 is 1.76 bits per heavy atom. The van der Waals surface area contributed by atoms with Gasteiger partial charge in [-0.1, -0.05) is 48.0 Å². The van der Waals surface area contributed by atoms with E-state index in [9.17, 15) is 9.59 Å². The molecule has 6 heteroatoms. The number of amides is 1. The summed E-state index contributed by atoms with van der Waals surface area (Å²) in [6, 6.07) is 18.8. The maximum atomic E-state index is 12.8. The van der Waals surface area contributed by atoms with E-state index in [2.05, 4.69) is 10.6 Å². The van der Waals surface area contributed by atoms with Crippen LogP contribution in [0.2, 0.25) is 5.02 Å². The first-order chi connectivity index (χ1) is 12.1. The SMILES string of the molecule is O=C(N[C@@H](Nc1cccc(Cl)c1)C(=O)c1ccccc1)c1ccco1. The van der Waals surface area contributed by atoms with Crippen LogP contribution in [0, 0.1) is 0 Å². The minimum absolute atomic E-state index is 0.124. The van der Waals surface area contributed by atoms with Crippen LogP contribution in [0.3, 0.4) is 0 Å². The highest BCUT2D eigenvalue weighted by Gasteiger charge is 2.23. The number of ketones is 1. The molecular weight excluding hydrogens is 340 g/mol. The van der Waals surface area contributed by atoms with E-state index in [0.717, 1.165) is 0 Å². The first-order valence-electron chi connectivity index (χ1n) is 7.59. The lowest BCUT2D eigenvalue weighted by atomic mass is 10.1. The third kappa shape index (κ3) is 4.28. The minimum atomic E-state index is -0.974. The normalized spacial score (nSPS) is 11.6. The molecular formula is C19H15ClN2O3. The third-order valence-electron chi connectivity index (χ3n) is 3.48. The molecule has 2 N–H and O–H groups in total. The Kier molecular flexibility index (Phi) is 5.16. The van der Waals surface area contributed by atoms with Crippen LogP contribution in [0.25, 0.3) is 0 Å². The van der Waals surface area contributed by atoms with Crippen molar-refractivity contribution < 1.29 is 14.0 Å². The number of furan rings is 1. The van der Waals surface area contributed by atoms with Gasteiger partial charge in [-0.2, -0.15) is 0 Å². The molecule has 1 heterocycles. The fourth-order valence-corrected chi connectivity index (χ4v) is 2.48. The van der Waals surface area contributed by atoms with Gasteiger partial charge in [0.2, 0.25) is 5.78 Å². The number of benzene rings is 2. The molecule has 0 unspecified atom stereocenters. The van der Waals surface area contributed by atoms with Crippen molar-refractivity contribution >= 4 is 29.0 Å². The molecule has 1 atom stereocenters. The number of hydrogen-bond donors (Lipinski definition) is 2. The molecule has 5 nitrogen and oxygen atoms in total. The lowest BCUT2D eigenvalue weighted by Gasteiger charge is -2.20. The Morgan fingerprint density at radius 1 is 0.960 bits per heavy atom. The Labute approximate surface area is 149 Å². The van der Waals surface area contributed by atoms with Gasteiger partial charge in [0, 0.05) is 16.3 Å². The Morgan fingerprint density at radius 3 is 2.44 bits per heavy atom. The van der Waals surface area contributed by atoms with Gasteiger partial charge in [0.15, 0.2) is 11.9 Å². The Balaban J connectivity index is 1.85. The van der Waals surface area contributed by atoms with Crippen molar-refractivity contribution in [1.29, 1.82) is 0 Å². The molecule has 0 aliphatic carbocycles. The molecule has 0 spiro atoms. The summed E-state index contributed by atoms with van der Waals surface area (Å²) < 4.78 is 5.08. The standard InChI is InChI=1S/C19H15ClN2O3/c20-14-8-4-9-15(12-14)21-18(17(23)13-6-2-1-3-7-13)22-19(24)16-10-5-11-25-16/h1-12,18,21H,(H,22,24)/t18-/m1/s1. The summed E-state index contributed by atoms with van der Waals surface area (Å²) in [4.78, 5) is 25.1. The second kappa shape index (κ2) is 7.68. The summed E-state index contributed by atoms with van der Waals surface area (Å²) in [5.74, 6) is -0.645. The van der Waals surface area contributed by atoms with Crippen LogP contribution < -0.4 is 10.6 Å². The van der Waals surface area contributed by atoms with Gasteiger partial charge in [-0.05, 0) is 30.3 Å². The first-order valence-corrected chi connectivity index (χ1v) is 7.97. The van der Waals surface area contributed by atoms with E-state index in [4.69, 9.17) is 16.0 Å². The number of Topliss-reactive ketones (excluding diaryl/α,β-unsaturated/α-hetero) is 1. The predicted molar refractivity (Wildman–Crippen MR) is 95.8 cm³/mol. The molecule has 1 aromatic heterocycles. The monoisotopic (exact) mass is 354 g/mol. The molecule has 126 valence electrons. The quantitative estimate of drug-likeness (QED) is 0.518. The molecule has 0 saturated heterocycles. The van der Waals surface area contributed by atoms with Gasteiger partial charge in [-0.15, -0.1) is 0 Å². The summed E-state index contributed by atoms with van der Waals surface area (Å²) >= 11 is 5.98. The van der Waals surface area contributed by atoms with Crippen molar-refractivity contribution in [3.63, 3.8) is 0 Å². The predicted octanol–water partition coefficient (Wildman–Crippen LogP) is 3.98. The maximum Gasteiger partial charge on any atom is 0.288 e. The third-order valence-corrected chi connectivity index (χ3v) is 3.71. The molecule has 0 saturated carbocycles. The van der Waals surface area contributed by atoms with Crippen LogP contribution in [-0.4, -0.2) is 17.9 Å². The van der Waals surface area contributed by atoms with Crippen LogP contribution in [0.1, 0.15) is 20.9 Å². The smallest absolute Gasteiger partial charge is 0.288 e. The van der Waals surface area contributed by atoms with E-state index in [1.807, 2.05) is 6.07 Å². The molecule has 0 bridgehead atoms. The zero-order chi connectivity index (χ0) is 17.6. The zero-order valence-corrected chi connectivity index (χ0v) is 13.9. The molecule has 0 aliphatic rings. The molecule has 2 aromatic carbocycles. The summed E-state index contributed by atoms with van der Waals surface area (Å²) in [7, 11) is 0. The van der Waals surface area contributed by atoms with E-state index in [0.29, 0.717) is 16.3 Å². The molecule has 0 radical (unpaired) electrons. The molecule has 1 amide bonds. The molecule has 25 heavy (non-hydrogen) atoms. The highest BCUT2D eigenvalue weighted by Crippen LogP contribution is 2.17. The molecule has 3 rings (SSSR count). The van der Waals surface area contributed by atoms with Crippen LogP contribution in [0.5, 0.6) is 0 Å². The number of nitrogens with one attached hydrogen (secondary N) is 2. The van der Waals surface area contributed by atoms with Gasteiger partial charge in [-0.3, -0.25) is 9.59 Å². The largest absolute Gasteiger partial charge is 0.459 e. The number of carbonyl (C=O) groups excluding carboxylic acids is 2. The second-order valence-electron chi connectivity index (χ2n) is 5.27. The van der Waals surface area contributed by atoms with Crippen LogP contribution >= 0.6 is 11.6 Å². The molecule has 0 fully saturated rings. The van der Waals surface area contributed by atoms with E-state index in [1.54, 1.807) is 54.6 Å². The average Bonchev–Trinajstić information content (AvgIpc) is 3.16. The number of carbonyl (C=O) groups is 2. The van der Waals surface area contributed by atoms with Crippen molar-refractivity contribution in [2.24, 2.45) is 0 Å².